The van der Waals surface area contributed by atoms with Gasteiger partial charge in [0, 0.05) is 47.4 Å². The van der Waals surface area contributed by atoms with Crippen molar-refractivity contribution in [1.82, 2.24) is 34.2 Å². The Morgan fingerprint density at radius 2 is 1.86 bits per heavy atom. The second kappa shape index (κ2) is 11.4. The second-order valence-electron chi connectivity index (χ2n) is 10.4. The fraction of sp³-hybridized carbons (Fsp3) is 0.233. The van der Waals surface area contributed by atoms with Crippen LogP contribution in [0.3, 0.4) is 0 Å². The van der Waals surface area contributed by atoms with E-state index in [1.807, 2.05) is 18.2 Å². The Morgan fingerprint density at radius 1 is 1.07 bits per heavy atom. The van der Waals surface area contributed by atoms with Crippen LogP contribution < -0.4 is 10.6 Å². The number of ketones is 1. The first kappa shape index (κ1) is 27.7. The molecule has 2 amide bonds. The smallest absolute Gasteiger partial charge is 0.247 e. The molecule has 1 aliphatic rings. The molecule has 6 rings (SSSR count). The number of benzene rings is 2. The van der Waals surface area contributed by atoms with E-state index in [4.69, 9.17) is 0 Å². The van der Waals surface area contributed by atoms with Gasteiger partial charge in [-0.25, -0.2) is 14.4 Å². The molecule has 0 radical (unpaired) electrons. The van der Waals surface area contributed by atoms with Gasteiger partial charge in [0.2, 0.25) is 11.8 Å². The number of nitrogens with one attached hydrogen (secondary N) is 2. The fourth-order valence-corrected chi connectivity index (χ4v) is 5.39. The molecule has 0 aliphatic carbocycles. The van der Waals surface area contributed by atoms with Crippen molar-refractivity contribution >= 4 is 45.6 Å². The Bertz CT molecular complexity index is 1840. The van der Waals surface area contributed by atoms with Crippen LogP contribution in [0.4, 0.5) is 21.5 Å². The van der Waals surface area contributed by atoms with Gasteiger partial charge in [-0.05, 0) is 37.3 Å². The fourth-order valence-electron chi connectivity index (χ4n) is 5.39. The second-order valence-corrected chi connectivity index (χ2v) is 10.4. The number of alkyl halides is 1. The lowest BCUT2D eigenvalue weighted by Crippen LogP contribution is -2.44. The molecule has 13 heteroatoms. The highest BCUT2D eigenvalue weighted by Gasteiger charge is 2.40. The number of halogens is 1. The van der Waals surface area contributed by atoms with Gasteiger partial charge in [0.1, 0.15) is 31.4 Å². The van der Waals surface area contributed by atoms with Crippen molar-refractivity contribution in [2.45, 2.75) is 32.1 Å². The van der Waals surface area contributed by atoms with Gasteiger partial charge < -0.3 is 24.7 Å². The maximum absolute atomic E-state index is 14.7. The maximum Gasteiger partial charge on any atom is 0.247 e. The predicted molar refractivity (Wildman–Crippen MR) is 157 cm³/mol. The number of nitrogens with zero attached hydrogens (tertiary/aromatic N) is 7. The summed E-state index contributed by atoms with van der Waals surface area (Å²) in [6, 6.07) is 11.5. The van der Waals surface area contributed by atoms with Crippen molar-refractivity contribution in [3.05, 3.63) is 79.3 Å². The number of rotatable bonds is 8. The van der Waals surface area contributed by atoms with Crippen molar-refractivity contribution in [2.75, 3.05) is 17.2 Å². The quantitative estimate of drug-likeness (QED) is 0.264. The highest BCUT2D eigenvalue weighted by molar-refractivity contribution is 6.08. The molecular weight excluding hydrogens is 553 g/mol. The van der Waals surface area contributed by atoms with Crippen molar-refractivity contribution < 1.29 is 18.8 Å². The Balaban J connectivity index is 1.23. The van der Waals surface area contributed by atoms with Gasteiger partial charge in [-0.3, -0.25) is 14.4 Å². The third kappa shape index (κ3) is 5.56. The molecule has 0 saturated carbocycles. The molecule has 2 aromatic carbocycles. The van der Waals surface area contributed by atoms with Gasteiger partial charge in [0.15, 0.2) is 11.6 Å². The van der Waals surface area contributed by atoms with E-state index < -0.39 is 24.0 Å². The topological polar surface area (TPSA) is 140 Å². The number of carbonyl (C=O) groups excluding carboxylic acids is 3. The number of carbonyl (C=O) groups is 3. The third-order valence-electron chi connectivity index (χ3n) is 7.43. The molecule has 2 atom stereocenters. The Hall–Kier alpha value is -5.46. The van der Waals surface area contributed by atoms with Crippen LogP contribution in [0.2, 0.25) is 0 Å². The van der Waals surface area contributed by atoms with Crippen LogP contribution >= 0.6 is 0 Å². The van der Waals surface area contributed by atoms with E-state index in [0.717, 1.165) is 0 Å². The van der Waals surface area contributed by atoms with Crippen LogP contribution in [0.25, 0.3) is 22.3 Å². The van der Waals surface area contributed by atoms with E-state index in [1.54, 1.807) is 65.4 Å². The van der Waals surface area contributed by atoms with Crippen LogP contribution in [-0.2, 0) is 23.2 Å². The molecule has 0 bridgehead atoms. The number of para-hydroxylation sites is 1. The van der Waals surface area contributed by atoms with Crippen LogP contribution in [0, 0.1) is 0 Å². The summed E-state index contributed by atoms with van der Waals surface area (Å²) in [6.45, 7) is 1.09. The summed E-state index contributed by atoms with van der Waals surface area (Å²) in [6.07, 6.45) is 6.39. The predicted octanol–water partition coefficient (Wildman–Crippen LogP) is 3.75. The van der Waals surface area contributed by atoms with Crippen LogP contribution in [0.5, 0.6) is 0 Å². The third-order valence-corrected chi connectivity index (χ3v) is 7.43. The molecule has 1 aliphatic heterocycles. The summed E-state index contributed by atoms with van der Waals surface area (Å²) in [7, 11) is 1.79. The van der Waals surface area contributed by atoms with E-state index in [0.29, 0.717) is 44.9 Å². The average Bonchev–Trinajstić information content (AvgIpc) is 3.70. The standard InChI is InChI=1S/C30H28FN9O3/c1-18(41)24-14-39(26-8-7-20(10-23(24)26)35-21-11-32-16-33-12-21)15-28(42)40-13-19(31)9-27(40)30(43)36-25-6-4-3-5-22(25)29-37-34-17-38(29)2/h3-8,10-12,14,16-17,19,27,35H,9,13,15H2,1-2H3,(H,36,43). The molecular formula is C30H28FN9O3. The maximum atomic E-state index is 14.7. The molecule has 1 saturated heterocycles. The van der Waals surface area contributed by atoms with E-state index in [9.17, 15) is 18.8 Å². The molecule has 12 nitrogen and oxygen atoms in total. The Kier molecular flexibility index (Phi) is 7.36. The van der Waals surface area contributed by atoms with Crippen LogP contribution in [0.1, 0.15) is 23.7 Å². The number of likely N-dealkylation sites (tertiary alicyclic amines) is 1. The molecule has 218 valence electrons. The summed E-state index contributed by atoms with van der Waals surface area (Å²) in [5, 5.41) is 14.7. The number of anilines is 3. The number of hydrogen-bond acceptors (Lipinski definition) is 8. The van der Waals surface area contributed by atoms with E-state index >= 15 is 0 Å². The van der Waals surface area contributed by atoms with Gasteiger partial charge in [0.05, 0.1) is 30.3 Å². The van der Waals surface area contributed by atoms with Crippen LogP contribution in [0.15, 0.2) is 73.7 Å². The zero-order valence-electron chi connectivity index (χ0n) is 23.4. The minimum Gasteiger partial charge on any atom is -0.353 e. The molecule has 5 aromatic rings. The van der Waals surface area contributed by atoms with Gasteiger partial charge in [-0.15, -0.1) is 10.2 Å². The molecule has 2 N–H and O–H groups in total. The number of fused-ring (bicyclic) bond motifs is 1. The molecule has 3 aromatic heterocycles. The lowest BCUT2D eigenvalue weighted by atomic mass is 10.1. The number of aryl methyl sites for hydroxylation is 1. The van der Waals surface area contributed by atoms with Gasteiger partial charge in [0.25, 0.3) is 0 Å². The Labute approximate surface area is 245 Å². The first-order chi connectivity index (χ1) is 20.8. The lowest BCUT2D eigenvalue weighted by Gasteiger charge is -2.24. The molecule has 1 fully saturated rings. The van der Waals surface area contributed by atoms with Crippen molar-refractivity contribution in [3.8, 4) is 11.4 Å². The van der Waals surface area contributed by atoms with E-state index in [2.05, 4.69) is 30.8 Å². The van der Waals surface area contributed by atoms with Gasteiger partial charge >= 0.3 is 0 Å². The number of amides is 2. The van der Waals surface area contributed by atoms with Gasteiger partial charge in [-0.1, -0.05) is 12.1 Å². The summed E-state index contributed by atoms with van der Waals surface area (Å²) < 4.78 is 18.1. The zero-order valence-corrected chi connectivity index (χ0v) is 23.4. The van der Waals surface area contributed by atoms with Gasteiger partial charge in [-0.2, -0.15) is 0 Å². The molecule has 0 spiro atoms. The summed E-state index contributed by atoms with van der Waals surface area (Å²) in [5.41, 5.74) is 3.62. The monoisotopic (exact) mass is 581 g/mol. The number of Topliss-reactive ketones (excluding diaryl/α,β-unsaturated/α-hetero) is 1. The minimum absolute atomic E-state index is 0.118. The Morgan fingerprint density at radius 3 is 2.60 bits per heavy atom. The average molecular weight is 582 g/mol. The summed E-state index contributed by atoms with van der Waals surface area (Å²) >= 11 is 0. The molecule has 2 unspecified atom stereocenters. The SMILES string of the molecule is CC(=O)c1cn(CC(=O)N2CC(F)CC2C(=O)Nc2ccccc2-c2nncn2C)c2ccc(Nc3cncnc3)cc12. The highest BCUT2D eigenvalue weighted by atomic mass is 19.1. The highest BCUT2D eigenvalue weighted by Crippen LogP contribution is 2.30. The zero-order chi connectivity index (χ0) is 30.1. The van der Waals surface area contributed by atoms with Crippen LogP contribution in [-0.4, -0.2) is 70.6 Å². The number of aromatic nitrogens is 6. The van der Waals surface area contributed by atoms with Crippen molar-refractivity contribution in [1.29, 1.82) is 0 Å². The first-order valence-corrected chi connectivity index (χ1v) is 13.6. The van der Waals surface area contributed by atoms with Crippen molar-refractivity contribution in [3.63, 3.8) is 0 Å². The largest absolute Gasteiger partial charge is 0.353 e. The summed E-state index contributed by atoms with van der Waals surface area (Å²) in [4.78, 5) is 48.8. The van der Waals surface area contributed by atoms with Crippen molar-refractivity contribution in [2.24, 2.45) is 7.05 Å². The lowest BCUT2D eigenvalue weighted by molar-refractivity contribution is -0.137. The van der Waals surface area contributed by atoms with E-state index in [1.165, 1.54) is 18.2 Å². The van der Waals surface area contributed by atoms with E-state index in [-0.39, 0.29) is 25.3 Å². The molecule has 4 heterocycles. The number of hydrogen-bond donors (Lipinski definition) is 2. The summed E-state index contributed by atoms with van der Waals surface area (Å²) in [5.74, 6) is -0.543. The molecule has 43 heavy (non-hydrogen) atoms. The minimum atomic E-state index is -1.35. The normalized spacial score (nSPS) is 16.4. The first-order valence-electron chi connectivity index (χ1n) is 13.6.